The van der Waals surface area contributed by atoms with E-state index in [2.05, 4.69) is 10.5 Å². The third kappa shape index (κ3) is 0.992. The molecule has 0 aliphatic rings. The number of nitrogens with zero attached hydrogens (tertiary/aromatic N) is 1. The first-order chi connectivity index (χ1) is 3.93. The molecule has 3 heteroatoms. The molecule has 1 N–H and O–H groups in total. The van der Waals surface area contributed by atoms with Gasteiger partial charge in [0.2, 0.25) is 5.88 Å². The Labute approximate surface area is 47.7 Å². The Morgan fingerprint density at radius 3 is 3.25 bits per heavy atom. The van der Waals surface area contributed by atoms with Crippen LogP contribution in [0.5, 0.6) is 0 Å². The van der Waals surface area contributed by atoms with Crippen molar-refractivity contribution in [3.05, 3.63) is 12.3 Å². The van der Waals surface area contributed by atoms with Gasteiger partial charge in [0, 0.05) is 12.6 Å². The van der Waals surface area contributed by atoms with Crippen molar-refractivity contribution in [2.45, 2.75) is 6.92 Å². The Bertz CT molecular complexity index is 136. The van der Waals surface area contributed by atoms with Crippen molar-refractivity contribution < 1.29 is 4.52 Å². The van der Waals surface area contributed by atoms with E-state index in [1.807, 2.05) is 6.92 Å². The van der Waals surface area contributed by atoms with Gasteiger partial charge in [0.15, 0.2) is 0 Å². The van der Waals surface area contributed by atoms with Crippen molar-refractivity contribution in [3.8, 4) is 0 Å². The summed E-state index contributed by atoms with van der Waals surface area (Å²) in [6.45, 7) is 2.87. The smallest absolute Gasteiger partial charge is 0.224 e. The van der Waals surface area contributed by atoms with Gasteiger partial charge < -0.3 is 9.84 Å². The van der Waals surface area contributed by atoms with Gasteiger partial charge in [-0.1, -0.05) is 5.16 Å². The zero-order chi connectivity index (χ0) is 5.82. The Kier molecular flexibility index (Phi) is 1.51. The van der Waals surface area contributed by atoms with Crippen molar-refractivity contribution in [3.63, 3.8) is 0 Å². The third-order valence-electron chi connectivity index (χ3n) is 0.789. The van der Waals surface area contributed by atoms with Gasteiger partial charge >= 0.3 is 0 Å². The molecule has 0 saturated carbocycles. The molecule has 0 aromatic carbocycles. The average Bonchev–Trinajstić information content (AvgIpc) is 2.19. The van der Waals surface area contributed by atoms with Crippen LogP contribution in [0.15, 0.2) is 16.8 Å². The van der Waals surface area contributed by atoms with E-state index in [0.29, 0.717) is 0 Å². The van der Waals surface area contributed by atoms with Crippen LogP contribution in [-0.2, 0) is 0 Å². The maximum atomic E-state index is 4.71. The molecule has 0 fully saturated rings. The summed E-state index contributed by atoms with van der Waals surface area (Å²) in [5, 5.41) is 6.46. The molecule has 1 aromatic heterocycles. The topological polar surface area (TPSA) is 38.1 Å². The fraction of sp³-hybridized carbons (Fsp3) is 0.400. The quantitative estimate of drug-likeness (QED) is 0.622. The van der Waals surface area contributed by atoms with Gasteiger partial charge in [0.25, 0.3) is 0 Å². The van der Waals surface area contributed by atoms with E-state index >= 15 is 0 Å². The van der Waals surface area contributed by atoms with Gasteiger partial charge in [0.1, 0.15) is 0 Å². The fourth-order valence-electron chi connectivity index (χ4n) is 0.481. The van der Waals surface area contributed by atoms with Crippen molar-refractivity contribution in [1.82, 2.24) is 5.16 Å². The SMILES string of the molecule is CCNc1ccno1. The maximum Gasteiger partial charge on any atom is 0.224 e. The normalized spacial score (nSPS) is 9.12. The van der Waals surface area contributed by atoms with Crippen LogP contribution < -0.4 is 5.32 Å². The molecule has 1 heterocycles. The molecular formula is C5H8N2O. The average molecular weight is 112 g/mol. The summed E-state index contributed by atoms with van der Waals surface area (Å²) in [5.41, 5.74) is 0. The van der Waals surface area contributed by atoms with Gasteiger partial charge in [0.05, 0.1) is 6.20 Å². The second-order valence-electron chi connectivity index (χ2n) is 1.41. The standard InChI is InChI=1S/C5H8N2O/c1-2-6-5-3-4-7-8-5/h3-4,6H,2H2,1H3. The highest BCUT2D eigenvalue weighted by Crippen LogP contribution is 2.00. The predicted molar refractivity (Wildman–Crippen MR) is 30.7 cm³/mol. The lowest BCUT2D eigenvalue weighted by Gasteiger charge is -1.90. The maximum absolute atomic E-state index is 4.71. The van der Waals surface area contributed by atoms with E-state index in [9.17, 15) is 0 Å². The molecule has 0 amide bonds. The number of rotatable bonds is 2. The first kappa shape index (κ1) is 5.15. The highest BCUT2D eigenvalue weighted by Gasteiger charge is 1.87. The third-order valence-corrected chi connectivity index (χ3v) is 0.789. The minimum atomic E-state index is 0.729. The van der Waals surface area contributed by atoms with E-state index in [-0.39, 0.29) is 0 Å². The molecule has 8 heavy (non-hydrogen) atoms. The van der Waals surface area contributed by atoms with Gasteiger partial charge in [-0.2, -0.15) is 0 Å². The fourth-order valence-corrected chi connectivity index (χ4v) is 0.481. The van der Waals surface area contributed by atoms with Gasteiger partial charge in [-0.05, 0) is 6.92 Å². The lowest BCUT2D eigenvalue weighted by Crippen LogP contribution is -1.93. The molecule has 3 nitrogen and oxygen atoms in total. The van der Waals surface area contributed by atoms with E-state index in [4.69, 9.17) is 4.52 Å². The predicted octanol–water partition coefficient (Wildman–Crippen LogP) is 1.11. The Balaban J connectivity index is 2.50. The summed E-state index contributed by atoms with van der Waals surface area (Å²) in [6.07, 6.45) is 1.61. The molecule has 0 aliphatic carbocycles. The molecule has 0 bridgehead atoms. The van der Waals surface area contributed by atoms with E-state index in [1.165, 1.54) is 0 Å². The van der Waals surface area contributed by atoms with Crippen LogP contribution in [0.2, 0.25) is 0 Å². The van der Waals surface area contributed by atoms with Crippen molar-refractivity contribution in [2.24, 2.45) is 0 Å². The Morgan fingerprint density at radius 1 is 1.88 bits per heavy atom. The minimum Gasteiger partial charge on any atom is -0.354 e. The van der Waals surface area contributed by atoms with Crippen LogP contribution in [0.4, 0.5) is 5.88 Å². The highest BCUT2D eigenvalue weighted by atomic mass is 16.5. The molecule has 0 atom stereocenters. The molecule has 0 aliphatic heterocycles. The lowest BCUT2D eigenvalue weighted by atomic mass is 10.6. The second-order valence-corrected chi connectivity index (χ2v) is 1.41. The summed E-state index contributed by atoms with van der Waals surface area (Å²) >= 11 is 0. The molecule has 0 spiro atoms. The largest absolute Gasteiger partial charge is 0.354 e. The summed E-state index contributed by atoms with van der Waals surface area (Å²) in [6, 6.07) is 1.78. The van der Waals surface area contributed by atoms with E-state index < -0.39 is 0 Å². The summed E-state index contributed by atoms with van der Waals surface area (Å²) in [5.74, 6) is 0.729. The van der Waals surface area contributed by atoms with Crippen LogP contribution >= 0.6 is 0 Å². The number of anilines is 1. The van der Waals surface area contributed by atoms with Crippen molar-refractivity contribution in [1.29, 1.82) is 0 Å². The first-order valence-corrected chi connectivity index (χ1v) is 2.58. The van der Waals surface area contributed by atoms with E-state index in [0.717, 1.165) is 12.4 Å². The first-order valence-electron chi connectivity index (χ1n) is 2.58. The van der Waals surface area contributed by atoms with Crippen LogP contribution in [0, 0.1) is 0 Å². The zero-order valence-corrected chi connectivity index (χ0v) is 4.72. The van der Waals surface area contributed by atoms with Gasteiger partial charge in [-0.15, -0.1) is 0 Å². The van der Waals surface area contributed by atoms with Crippen LogP contribution in [0.25, 0.3) is 0 Å². The molecule has 0 saturated heterocycles. The van der Waals surface area contributed by atoms with Crippen molar-refractivity contribution in [2.75, 3.05) is 11.9 Å². The summed E-state index contributed by atoms with van der Waals surface area (Å²) < 4.78 is 4.71. The van der Waals surface area contributed by atoms with Crippen LogP contribution in [0.1, 0.15) is 6.92 Å². The molecule has 1 rings (SSSR count). The number of hydrogen-bond acceptors (Lipinski definition) is 3. The molecule has 1 aromatic rings. The molecule has 0 unspecified atom stereocenters. The number of hydrogen-bond donors (Lipinski definition) is 1. The Hall–Kier alpha value is -0.990. The zero-order valence-electron chi connectivity index (χ0n) is 4.72. The Morgan fingerprint density at radius 2 is 2.75 bits per heavy atom. The van der Waals surface area contributed by atoms with Gasteiger partial charge in [-0.25, -0.2) is 0 Å². The minimum absolute atomic E-state index is 0.729. The van der Waals surface area contributed by atoms with E-state index in [1.54, 1.807) is 12.3 Å². The van der Waals surface area contributed by atoms with Crippen LogP contribution in [0.3, 0.4) is 0 Å². The summed E-state index contributed by atoms with van der Waals surface area (Å²) in [4.78, 5) is 0. The highest BCUT2D eigenvalue weighted by molar-refractivity contribution is 5.26. The second kappa shape index (κ2) is 2.35. The molecule has 44 valence electrons. The monoisotopic (exact) mass is 112 g/mol. The van der Waals surface area contributed by atoms with Crippen LogP contribution in [-0.4, -0.2) is 11.7 Å². The number of nitrogens with one attached hydrogen (secondary N) is 1. The lowest BCUT2D eigenvalue weighted by molar-refractivity contribution is 0.432. The molecular weight excluding hydrogens is 104 g/mol. The van der Waals surface area contributed by atoms with Gasteiger partial charge in [-0.3, -0.25) is 0 Å². The van der Waals surface area contributed by atoms with Crippen molar-refractivity contribution >= 4 is 5.88 Å². The molecule has 0 radical (unpaired) electrons. The summed E-state index contributed by atoms with van der Waals surface area (Å²) in [7, 11) is 0. The number of aromatic nitrogens is 1.